The van der Waals surface area contributed by atoms with Crippen LogP contribution in [-0.2, 0) is 0 Å². The number of benzene rings is 1. The molecule has 1 fully saturated rings. The number of carbonyl (C=O) groups is 1. The van der Waals surface area contributed by atoms with E-state index in [1.165, 1.54) is 27.8 Å². The minimum atomic E-state index is -0.170. The molecule has 0 spiro atoms. The molecule has 0 aromatic heterocycles. The molecule has 0 bridgehead atoms. The van der Waals surface area contributed by atoms with Gasteiger partial charge in [-0.2, -0.15) is 0 Å². The summed E-state index contributed by atoms with van der Waals surface area (Å²) in [6.07, 6.45) is 3.43. The zero-order valence-electron chi connectivity index (χ0n) is 12.8. The van der Waals surface area contributed by atoms with Gasteiger partial charge in [0.05, 0.1) is 21.3 Å². The van der Waals surface area contributed by atoms with Gasteiger partial charge in [0.25, 0.3) is 5.91 Å². The second kappa shape index (κ2) is 7.17. The van der Waals surface area contributed by atoms with Crippen LogP contribution in [-0.4, -0.2) is 45.3 Å². The molecule has 1 aromatic carbocycles. The average Bonchev–Trinajstić information content (AvgIpc) is 2.54. The molecular weight excluding hydrogens is 272 g/mol. The topological polar surface area (TPSA) is 60.0 Å². The Hall–Kier alpha value is -1.95. The summed E-state index contributed by atoms with van der Waals surface area (Å²) >= 11 is 0. The number of hydrazine groups is 1. The molecule has 1 saturated heterocycles. The van der Waals surface area contributed by atoms with Crippen LogP contribution < -0.4 is 19.6 Å². The first-order valence-corrected chi connectivity index (χ1v) is 7.05. The molecule has 1 aliphatic heterocycles. The second-order valence-electron chi connectivity index (χ2n) is 4.90. The van der Waals surface area contributed by atoms with E-state index in [0.717, 1.165) is 25.9 Å². The van der Waals surface area contributed by atoms with Gasteiger partial charge < -0.3 is 14.2 Å². The number of piperidine rings is 1. The average molecular weight is 294 g/mol. The van der Waals surface area contributed by atoms with E-state index in [1.54, 1.807) is 12.1 Å². The molecule has 1 N–H and O–H groups in total. The standard InChI is InChI=1S/C15H22N2O4/c1-19-12-9-11(10-13(20-2)14(12)21-3)15(18)16-17-7-5-4-6-8-17/h9-10H,4-8H2,1-3H3,(H,16,18). The van der Waals surface area contributed by atoms with Gasteiger partial charge in [-0.15, -0.1) is 0 Å². The van der Waals surface area contributed by atoms with Crippen LogP contribution in [0.5, 0.6) is 17.2 Å². The largest absolute Gasteiger partial charge is 0.493 e. The Kier molecular flexibility index (Phi) is 5.27. The molecule has 0 aliphatic carbocycles. The first-order chi connectivity index (χ1) is 10.2. The molecule has 1 aromatic rings. The maximum absolute atomic E-state index is 12.3. The molecule has 0 radical (unpaired) electrons. The highest BCUT2D eigenvalue weighted by molar-refractivity contribution is 5.95. The van der Waals surface area contributed by atoms with Crippen LogP contribution in [0.3, 0.4) is 0 Å². The van der Waals surface area contributed by atoms with E-state index < -0.39 is 0 Å². The lowest BCUT2D eigenvalue weighted by atomic mass is 10.1. The van der Waals surface area contributed by atoms with E-state index in [-0.39, 0.29) is 5.91 Å². The monoisotopic (exact) mass is 294 g/mol. The number of methoxy groups -OCH3 is 3. The minimum Gasteiger partial charge on any atom is -0.493 e. The Balaban J connectivity index is 2.19. The molecule has 1 aliphatic rings. The number of ether oxygens (including phenoxy) is 3. The van der Waals surface area contributed by atoms with Gasteiger partial charge in [-0.05, 0) is 25.0 Å². The van der Waals surface area contributed by atoms with Crippen LogP contribution in [0.2, 0.25) is 0 Å². The van der Waals surface area contributed by atoms with E-state index in [0.29, 0.717) is 22.8 Å². The van der Waals surface area contributed by atoms with Crippen LogP contribution in [0.4, 0.5) is 0 Å². The lowest BCUT2D eigenvalue weighted by molar-refractivity contribution is 0.0749. The van der Waals surface area contributed by atoms with Crippen LogP contribution in [0.15, 0.2) is 12.1 Å². The Morgan fingerprint density at radius 1 is 1.00 bits per heavy atom. The summed E-state index contributed by atoms with van der Waals surface area (Å²) in [6.45, 7) is 1.77. The number of carbonyl (C=O) groups excluding carboxylic acids is 1. The molecular formula is C15H22N2O4. The van der Waals surface area contributed by atoms with Crippen molar-refractivity contribution in [3.63, 3.8) is 0 Å². The summed E-state index contributed by atoms with van der Waals surface area (Å²) in [4.78, 5) is 12.3. The number of hydrogen-bond donors (Lipinski definition) is 1. The molecule has 0 saturated carbocycles. The highest BCUT2D eigenvalue weighted by Gasteiger charge is 2.19. The molecule has 1 amide bonds. The van der Waals surface area contributed by atoms with Gasteiger partial charge in [-0.25, -0.2) is 5.01 Å². The van der Waals surface area contributed by atoms with Crippen molar-refractivity contribution in [1.29, 1.82) is 0 Å². The van der Waals surface area contributed by atoms with Crippen molar-refractivity contribution in [3.8, 4) is 17.2 Å². The molecule has 6 nitrogen and oxygen atoms in total. The first-order valence-electron chi connectivity index (χ1n) is 7.05. The number of nitrogens with zero attached hydrogens (tertiary/aromatic N) is 1. The van der Waals surface area contributed by atoms with Crippen LogP contribution in [0.25, 0.3) is 0 Å². The van der Waals surface area contributed by atoms with Crippen molar-refractivity contribution in [2.24, 2.45) is 0 Å². The number of hydrogen-bond acceptors (Lipinski definition) is 5. The van der Waals surface area contributed by atoms with Gasteiger partial charge in [0.1, 0.15) is 0 Å². The quantitative estimate of drug-likeness (QED) is 0.898. The van der Waals surface area contributed by atoms with Gasteiger partial charge >= 0.3 is 0 Å². The van der Waals surface area contributed by atoms with Crippen LogP contribution in [0, 0.1) is 0 Å². The Morgan fingerprint density at radius 2 is 1.57 bits per heavy atom. The molecule has 21 heavy (non-hydrogen) atoms. The van der Waals surface area contributed by atoms with Crippen LogP contribution >= 0.6 is 0 Å². The van der Waals surface area contributed by atoms with Gasteiger partial charge in [0.2, 0.25) is 5.75 Å². The van der Waals surface area contributed by atoms with Crippen LogP contribution in [0.1, 0.15) is 29.6 Å². The highest BCUT2D eigenvalue weighted by atomic mass is 16.5. The van der Waals surface area contributed by atoms with Gasteiger partial charge in [-0.3, -0.25) is 10.2 Å². The maximum atomic E-state index is 12.3. The molecule has 0 unspecified atom stereocenters. The highest BCUT2D eigenvalue weighted by Crippen LogP contribution is 2.38. The van der Waals surface area contributed by atoms with E-state index in [9.17, 15) is 4.79 Å². The zero-order chi connectivity index (χ0) is 15.2. The van der Waals surface area contributed by atoms with Crippen molar-refractivity contribution >= 4 is 5.91 Å². The van der Waals surface area contributed by atoms with E-state index in [4.69, 9.17) is 14.2 Å². The van der Waals surface area contributed by atoms with Gasteiger partial charge in [0, 0.05) is 18.7 Å². The van der Waals surface area contributed by atoms with E-state index >= 15 is 0 Å². The molecule has 2 rings (SSSR count). The third-order valence-corrected chi connectivity index (χ3v) is 3.54. The van der Waals surface area contributed by atoms with Gasteiger partial charge in [-0.1, -0.05) is 6.42 Å². The normalized spacial score (nSPS) is 15.4. The van der Waals surface area contributed by atoms with Crippen molar-refractivity contribution in [1.82, 2.24) is 10.4 Å². The summed E-state index contributed by atoms with van der Waals surface area (Å²) in [6, 6.07) is 3.31. The predicted octanol–water partition coefficient (Wildman–Crippen LogP) is 1.84. The number of rotatable bonds is 5. The lowest BCUT2D eigenvalue weighted by Gasteiger charge is -2.27. The summed E-state index contributed by atoms with van der Waals surface area (Å²) in [7, 11) is 4.60. The number of nitrogens with one attached hydrogen (secondary N) is 1. The number of amides is 1. The molecule has 1 heterocycles. The van der Waals surface area contributed by atoms with Crippen molar-refractivity contribution in [2.75, 3.05) is 34.4 Å². The van der Waals surface area contributed by atoms with Crippen molar-refractivity contribution in [2.45, 2.75) is 19.3 Å². The fourth-order valence-corrected chi connectivity index (χ4v) is 2.43. The van der Waals surface area contributed by atoms with E-state index in [2.05, 4.69) is 5.43 Å². The lowest BCUT2D eigenvalue weighted by Crippen LogP contribution is -2.45. The van der Waals surface area contributed by atoms with Gasteiger partial charge in [0.15, 0.2) is 11.5 Å². The Bertz CT molecular complexity index is 473. The predicted molar refractivity (Wildman–Crippen MR) is 79.0 cm³/mol. The maximum Gasteiger partial charge on any atom is 0.265 e. The Labute approximate surface area is 124 Å². The molecule has 6 heteroatoms. The minimum absolute atomic E-state index is 0.170. The molecule has 116 valence electrons. The zero-order valence-corrected chi connectivity index (χ0v) is 12.8. The van der Waals surface area contributed by atoms with Crippen molar-refractivity contribution < 1.29 is 19.0 Å². The fraction of sp³-hybridized carbons (Fsp3) is 0.533. The second-order valence-corrected chi connectivity index (χ2v) is 4.90. The van der Waals surface area contributed by atoms with E-state index in [1.807, 2.05) is 5.01 Å². The summed E-state index contributed by atoms with van der Waals surface area (Å²) in [5.74, 6) is 1.26. The smallest absolute Gasteiger partial charge is 0.265 e. The first kappa shape index (κ1) is 15.4. The Morgan fingerprint density at radius 3 is 2.05 bits per heavy atom. The molecule has 0 atom stereocenters. The summed E-state index contributed by atoms with van der Waals surface area (Å²) in [5.41, 5.74) is 3.40. The SMILES string of the molecule is COc1cc(C(=O)NN2CCCCC2)cc(OC)c1OC. The summed E-state index contributed by atoms with van der Waals surface area (Å²) in [5, 5.41) is 1.95. The summed E-state index contributed by atoms with van der Waals surface area (Å²) < 4.78 is 15.8. The third-order valence-electron chi connectivity index (χ3n) is 3.54. The van der Waals surface area contributed by atoms with Crippen molar-refractivity contribution in [3.05, 3.63) is 17.7 Å². The third kappa shape index (κ3) is 3.58. The fourth-order valence-electron chi connectivity index (χ4n) is 2.43.